The van der Waals surface area contributed by atoms with E-state index in [0.717, 1.165) is 30.8 Å². The molecule has 0 spiro atoms. The Morgan fingerprint density at radius 2 is 2.15 bits per heavy atom. The maximum atomic E-state index is 5.62. The van der Waals surface area contributed by atoms with Crippen LogP contribution in [0.15, 0.2) is 22.6 Å². The van der Waals surface area contributed by atoms with Crippen molar-refractivity contribution in [3.8, 4) is 11.5 Å². The highest BCUT2D eigenvalue weighted by atomic mass is 16.7. The first-order chi connectivity index (χ1) is 9.88. The SMILES string of the molecule is c1cc2c(cc1Nc1nnc(C3CCCN3)o1)OCO2. The Labute approximate surface area is 115 Å². The van der Waals surface area contributed by atoms with E-state index in [4.69, 9.17) is 13.9 Å². The molecule has 0 saturated carbocycles. The molecule has 0 aliphatic carbocycles. The molecule has 1 aromatic carbocycles. The number of fused-ring (bicyclic) bond motifs is 1. The molecule has 7 heteroatoms. The van der Waals surface area contributed by atoms with Crippen LogP contribution in [0, 0.1) is 0 Å². The number of nitrogens with one attached hydrogen (secondary N) is 2. The van der Waals surface area contributed by atoms with E-state index >= 15 is 0 Å². The van der Waals surface area contributed by atoms with Gasteiger partial charge in [-0.1, -0.05) is 5.10 Å². The van der Waals surface area contributed by atoms with Crippen LogP contribution in [-0.2, 0) is 0 Å². The lowest BCUT2D eigenvalue weighted by molar-refractivity contribution is 0.174. The number of nitrogens with zero attached hydrogens (tertiary/aromatic N) is 2. The highest BCUT2D eigenvalue weighted by molar-refractivity contribution is 5.59. The van der Waals surface area contributed by atoms with E-state index < -0.39 is 0 Å². The van der Waals surface area contributed by atoms with Gasteiger partial charge in [0.05, 0.1) is 6.04 Å². The summed E-state index contributed by atoms with van der Waals surface area (Å²) in [6, 6.07) is 6.13. The van der Waals surface area contributed by atoms with Crippen LogP contribution in [0.25, 0.3) is 0 Å². The first-order valence-corrected chi connectivity index (χ1v) is 6.62. The van der Waals surface area contributed by atoms with Crippen LogP contribution in [-0.4, -0.2) is 23.5 Å². The number of ether oxygens (including phenoxy) is 2. The standard InChI is InChI=1S/C13H14N4O3/c1-2-9(14-5-1)12-16-17-13(20-12)15-8-3-4-10-11(6-8)19-7-18-10/h3-4,6,9,14H,1-2,5,7H2,(H,15,17). The average molecular weight is 274 g/mol. The molecular formula is C13H14N4O3. The fourth-order valence-corrected chi connectivity index (χ4v) is 2.42. The summed E-state index contributed by atoms with van der Waals surface area (Å²) in [5.74, 6) is 2.09. The zero-order valence-electron chi connectivity index (χ0n) is 10.8. The molecule has 2 aromatic rings. The van der Waals surface area contributed by atoms with Crippen LogP contribution in [0.4, 0.5) is 11.7 Å². The van der Waals surface area contributed by atoms with Crippen LogP contribution >= 0.6 is 0 Å². The van der Waals surface area contributed by atoms with Gasteiger partial charge in [-0.25, -0.2) is 0 Å². The zero-order valence-corrected chi connectivity index (χ0v) is 10.8. The van der Waals surface area contributed by atoms with Gasteiger partial charge in [0.15, 0.2) is 11.5 Å². The first kappa shape index (κ1) is 11.5. The fourth-order valence-electron chi connectivity index (χ4n) is 2.42. The molecular weight excluding hydrogens is 260 g/mol. The molecule has 3 heterocycles. The Bertz CT molecular complexity index is 622. The zero-order chi connectivity index (χ0) is 13.4. The predicted octanol–water partition coefficient (Wildman–Crippen LogP) is 1.97. The number of hydrogen-bond donors (Lipinski definition) is 2. The van der Waals surface area contributed by atoms with Crippen molar-refractivity contribution in [3.05, 3.63) is 24.1 Å². The number of anilines is 2. The maximum absolute atomic E-state index is 5.62. The summed E-state index contributed by atoms with van der Waals surface area (Å²) >= 11 is 0. The smallest absolute Gasteiger partial charge is 0.320 e. The van der Waals surface area contributed by atoms with Crippen molar-refractivity contribution in [2.75, 3.05) is 18.7 Å². The summed E-state index contributed by atoms with van der Waals surface area (Å²) in [5, 5.41) is 14.5. The van der Waals surface area contributed by atoms with Crippen LogP contribution < -0.4 is 20.1 Å². The third-order valence-corrected chi connectivity index (χ3v) is 3.42. The van der Waals surface area contributed by atoms with Gasteiger partial charge in [0, 0.05) is 11.8 Å². The minimum atomic E-state index is 0.176. The van der Waals surface area contributed by atoms with Crippen molar-refractivity contribution in [1.82, 2.24) is 15.5 Å². The number of benzene rings is 1. The summed E-state index contributed by atoms with van der Waals surface area (Å²) in [4.78, 5) is 0. The van der Waals surface area contributed by atoms with E-state index in [0.29, 0.717) is 17.7 Å². The summed E-state index contributed by atoms with van der Waals surface area (Å²) in [5.41, 5.74) is 0.823. The highest BCUT2D eigenvalue weighted by Gasteiger charge is 2.22. The fraction of sp³-hybridized carbons (Fsp3) is 0.385. The van der Waals surface area contributed by atoms with Crippen molar-refractivity contribution in [2.24, 2.45) is 0 Å². The number of hydrogen-bond acceptors (Lipinski definition) is 7. The van der Waals surface area contributed by atoms with Crippen molar-refractivity contribution in [3.63, 3.8) is 0 Å². The summed E-state index contributed by atoms with van der Waals surface area (Å²) in [7, 11) is 0. The second-order valence-corrected chi connectivity index (χ2v) is 4.79. The minimum Gasteiger partial charge on any atom is -0.454 e. The van der Waals surface area contributed by atoms with E-state index in [2.05, 4.69) is 20.8 Å². The molecule has 1 fully saturated rings. The second-order valence-electron chi connectivity index (χ2n) is 4.79. The Kier molecular flexibility index (Phi) is 2.70. The first-order valence-electron chi connectivity index (χ1n) is 6.62. The molecule has 2 aliphatic rings. The quantitative estimate of drug-likeness (QED) is 0.885. The van der Waals surface area contributed by atoms with Crippen molar-refractivity contribution >= 4 is 11.7 Å². The molecule has 2 aliphatic heterocycles. The van der Waals surface area contributed by atoms with Crippen LogP contribution in [0.3, 0.4) is 0 Å². The van der Waals surface area contributed by atoms with Gasteiger partial charge in [-0.3, -0.25) is 0 Å². The molecule has 7 nitrogen and oxygen atoms in total. The van der Waals surface area contributed by atoms with Gasteiger partial charge >= 0.3 is 6.01 Å². The Balaban J connectivity index is 1.51. The lowest BCUT2D eigenvalue weighted by Gasteiger charge is -2.04. The highest BCUT2D eigenvalue weighted by Crippen LogP contribution is 2.35. The van der Waals surface area contributed by atoms with Gasteiger partial charge in [-0.15, -0.1) is 5.10 Å². The predicted molar refractivity (Wildman–Crippen MR) is 70.1 cm³/mol. The summed E-state index contributed by atoms with van der Waals surface area (Å²) < 4.78 is 16.2. The van der Waals surface area contributed by atoms with Crippen LogP contribution in [0.2, 0.25) is 0 Å². The van der Waals surface area contributed by atoms with E-state index in [1.54, 1.807) is 0 Å². The Hall–Kier alpha value is -2.28. The lowest BCUT2D eigenvalue weighted by Crippen LogP contribution is -2.12. The number of aromatic nitrogens is 2. The molecule has 0 radical (unpaired) electrons. The molecule has 1 unspecified atom stereocenters. The second kappa shape index (κ2) is 4.68. The summed E-state index contributed by atoms with van der Waals surface area (Å²) in [6.07, 6.45) is 2.17. The molecule has 20 heavy (non-hydrogen) atoms. The largest absolute Gasteiger partial charge is 0.454 e. The van der Waals surface area contributed by atoms with E-state index in [-0.39, 0.29) is 12.8 Å². The molecule has 0 bridgehead atoms. The van der Waals surface area contributed by atoms with E-state index in [1.807, 2.05) is 18.2 Å². The molecule has 2 N–H and O–H groups in total. The number of rotatable bonds is 3. The maximum Gasteiger partial charge on any atom is 0.320 e. The van der Waals surface area contributed by atoms with Crippen LogP contribution in [0.5, 0.6) is 11.5 Å². The molecule has 1 atom stereocenters. The van der Waals surface area contributed by atoms with Gasteiger partial charge in [-0.2, -0.15) is 0 Å². The summed E-state index contributed by atoms with van der Waals surface area (Å²) in [6.45, 7) is 1.26. The molecule has 104 valence electrons. The normalized spacial score (nSPS) is 20.3. The molecule has 4 rings (SSSR count). The Morgan fingerprint density at radius 3 is 3.05 bits per heavy atom. The van der Waals surface area contributed by atoms with Gasteiger partial charge in [-0.05, 0) is 31.5 Å². The average Bonchev–Trinajstić information content (AvgIpc) is 3.19. The topological polar surface area (TPSA) is 81.4 Å². The molecule has 1 aromatic heterocycles. The molecule has 1 saturated heterocycles. The molecule has 0 amide bonds. The Morgan fingerprint density at radius 1 is 1.20 bits per heavy atom. The van der Waals surface area contributed by atoms with Crippen molar-refractivity contribution in [2.45, 2.75) is 18.9 Å². The van der Waals surface area contributed by atoms with Gasteiger partial charge in [0.25, 0.3) is 0 Å². The van der Waals surface area contributed by atoms with Gasteiger partial charge < -0.3 is 24.5 Å². The van der Waals surface area contributed by atoms with E-state index in [9.17, 15) is 0 Å². The third-order valence-electron chi connectivity index (χ3n) is 3.42. The third kappa shape index (κ3) is 2.05. The van der Waals surface area contributed by atoms with E-state index in [1.165, 1.54) is 0 Å². The van der Waals surface area contributed by atoms with Gasteiger partial charge in [0.1, 0.15) is 0 Å². The lowest BCUT2D eigenvalue weighted by atomic mass is 10.2. The minimum absolute atomic E-state index is 0.176. The van der Waals surface area contributed by atoms with Crippen molar-refractivity contribution < 1.29 is 13.9 Å². The monoisotopic (exact) mass is 274 g/mol. The van der Waals surface area contributed by atoms with Crippen LogP contribution in [0.1, 0.15) is 24.8 Å². The van der Waals surface area contributed by atoms with Crippen molar-refractivity contribution in [1.29, 1.82) is 0 Å². The van der Waals surface area contributed by atoms with Gasteiger partial charge in [0.2, 0.25) is 12.7 Å².